The van der Waals surface area contributed by atoms with E-state index in [1.54, 1.807) is 13.2 Å². The zero-order chi connectivity index (χ0) is 16.2. The maximum atomic E-state index is 9.81. The van der Waals surface area contributed by atoms with Gasteiger partial charge in [0.15, 0.2) is 0 Å². The van der Waals surface area contributed by atoms with Crippen LogP contribution >= 0.6 is 11.6 Å². The van der Waals surface area contributed by atoms with Crippen molar-refractivity contribution in [2.45, 2.75) is 39.2 Å². The van der Waals surface area contributed by atoms with Crippen molar-refractivity contribution >= 4 is 11.6 Å². The molecule has 0 aliphatic rings. The Labute approximate surface area is 138 Å². The molecule has 3 nitrogen and oxygen atoms in total. The van der Waals surface area contributed by atoms with Crippen LogP contribution in [0, 0.1) is 0 Å². The molecular formula is C18H26ClNO2. The molecule has 0 aromatic heterocycles. The maximum absolute atomic E-state index is 9.81. The van der Waals surface area contributed by atoms with Crippen LogP contribution in [0.2, 0.25) is 0 Å². The number of rotatable bonds is 10. The van der Waals surface area contributed by atoms with Crippen LogP contribution in [-0.2, 0) is 6.54 Å². The first-order valence-electron chi connectivity index (χ1n) is 7.75. The summed E-state index contributed by atoms with van der Waals surface area (Å²) in [7, 11) is 1.68. The van der Waals surface area contributed by atoms with Gasteiger partial charge in [-0.25, -0.2) is 0 Å². The minimum absolute atomic E-state index is 0.330. The fraction of sp³-hybridized carbons (Fsp3) is 0.444. The highest BCUT2D eigenvalue weighted by molar-refractivity contribution is 6.31. The van der Waals surface area contributed by atoms with Gasteiger partial charge in [0.1, 0.15) is 5.75 Å². The van der Waals surface area contributed by atoms with Crippen LogP contribution in [0.15, 0.2) is 47.2 Å². The number of hydrogen-bond acceptors (Lipinski definition) is 3. The first-order chi connectivity index (χ1) is 10.7. The Bertz CT molecular complexity index is 498. The molecule has 1 aromatic rings. The summed E-state index contributed by atoms with van der Waals surface area (Å²) in [6.07, 6.45) is 7.03. The van der Waals surface area contributed by atoms with E-state index in [9.17, 15) is 5.11 Å². The van der Waals surface area contributed by atoms with Crippen molar-refractivity contribution in [1.82, 2.24) is 5.32 Å². The van der Waals surface area contributed by atoms with Gasteiger partial charge in [-0.1, -0.05) is 49.2 Å². The fourth-order valence-electron chi connectivity index (χ4n) is 2.04. The Hall–Kier alpha value is -1.45. The summed E-state index contributed by atoms with van der Waals surface area (Å²) in [6, 6.07) is 7.96. The molecule has 2 N–H and O–H groups in total. The molecule has 0 atom stereocenters. The Morgan fingerprint density at radius 2 is 2.14 bits per heavy atom. The van der Waals surface area contributed by atoms with Crippen molar-refractivity contribution in [3.05, 3.63) is 52.8 Å². The normalized spacial score (nSPS) is 12.5. The molecule has 1 aromatic carbocycles. The number of methoxy groups -OCH3 is 1. The molecule has 0 unspecified atom stereocenters. The van der Waals surface area contributed by atoms with Crippen LogP contribution in [0.3, 0.4) is 0 Å². The summed E-state index contributed by atoms with van der Waals surface area (Å²) in [6.45, 7) is 3.68. The number of unbranched alkanes of at least 4 members (excludes halogenated alkanes) is 1. The molecular weight excluding hydrogens is 298 g/mol. The predicted molar refractivity (Wildman–Crippen MR) is 93.5 cm³/mol. The maximum Gasteiger partial charge on any atom is 0.123 e. The lowest BCUT2D eigenvalue weighted by atomic mass is 10.2. The minimum atomic E-state index is 0.330. The van der Waals surface area contributed by atoms with Crippen molar-refractivity contribution < 1.29 is 9.84 Å². The van der Waals surface area contributed by atoms with Gasteiger partial charge < -0.3 is 15.2 Å². The molecule has 0 bridgehead atoms. The lowest BCUT2D eigenvalue weighted by Gasteiger charge is -2.09. The zero-order valence-electron chi connectivity index (χ0n) is 13.4. The highest BCUT2D eigenvalue weighted by Gasteiger charge is 2.01. The van der Waals surface area contributed by atoms with E-state index in [4.69, 9.17) is 16.3 Å². The van der Waals surface area contributed by atoms with Crippen LogP contribution < -0.4 is 10.1 Å². The average molecular weight is 324 g/mol. The summed E-state index contributed by atoms with van der Waals surface area (Å²) in [5, 5.41) is 13.8. The van der Waals surface area contributed by atoms with Crippen molar-refractivity contribution in [1.29, 1.82) is 0 Å². The highest BCUT2D eigenvalue weighted by atomic mass is 35.5. The molecule has 0 aliphatic carbocycles. The van der Waals surface area contributed by atoms with Gasteiger partial charge >= 0.3 is 0 Å². The summed E-state index contributed by atoms with van der Waals surface area (Å²) >= 11 is 6.00. The van der Waals surface area contributed by atoms with Gasteiger partial charge in [-0.2, -0.15) is 0 Å². The molecule has 122 valence electrons. The van der Waals surface area contributed by atoms with Crippen molar-refractivity contribution in [3.8, 4) is 5.75 Å². The number of aliphatic hydroxyl groups excluding tert-OH is 1. The van der Waals surface area contributed by atoms with E-state index in [0.29, 0.717) is 17.2 Å². The number of nitrogens with one attached hydrogen (secondary N) is 1. The van der Waals surface area contributed by atoms with Crippen molar-refractivity contribution in [2.24, 2.45) is 0 Å². The highest BCUT2D eigenvalue weighted by Crippen LogP contribution is 2.16. The minimum Gasteiger partial charge on any atom is -0.512 e. The van der Waals surface area contributed by atoms with Crippen LogP contribution in [0.1, 0.15) is 38.2 Å². The van der Waals surface area contributed by atoms with E-state index in [0.717, 1.165) is 43.7 Å². The van der Waals surface area contributed by atoms with Crippen LogP contribution in [0.25, 0.3) is 0 Å². The number of benzene rings is 1. The molecule has 0 radical (unpaired) electrons. The molecule has 0 amide bonds. The van der Waals surface area contributed by atoms with Crippen LogP contribution in [-0.4, -0.2) is 18.8 Å². The molecule has 0 spiro atoms. The summed E-state index contributed by atoms with van der Waals surface area (Å²) in [4.78, 5) is 0. The monoisotopic (exact) mass is 323 g/mol. The number of halogens is 1. The summed E-state index contributed by atoms with van der Waals surface area (Å²) in [5.41, 5.74) is 1.13. The number of para-hydroxylation sites is 1. The number of hydrogen-bond donors (Lipinski definition) is 2. The van der Waals surface area contributed by atoms with E-state index < -0.39 is 0 Å². The second kappa shape index (κ2) is 11.2. The lowest BCUT2D eigenvalue weighted by molar-refractivity contribution is 0.381. The smallest absolute Gasteiger partial charge is 0.123 e. The van der Waals surface area contributed by atoms with Gasteiger partial charge in [-0.15, -0.1) is 0 Å². The predicted octanol–water partition coefficient (Wildman–Crippen LogP) is 4.93. The lowest BCUT2D eigenvalue weighted by Crippen LogP contribution is -2.15. The molecule has 22 heavy (non-hydrogen) atoms. The van der Waals surface area contributed by atoms with Crippen molar-refractivity contribution in [3.63, 3.8) is 0 Å². The van der Waals surface area contributed by atoms with E-state index >= 15 is 0 Å². The van der Waals surface area contributed by atoms with E-state index in [1.807, 2.05) is 30.3 Å². The SMILES string of the molecule is CCC/C=C(Cl)\C=C(\O)CCCNCc1ccccc1OC. The average Bonchev–Trinajstić information content (AvgIpc) is 2.53. The molecule has 0 saturated carbocycles. The third-order valence-corrected chi connectivity index (χ3v) is 3.49. The summed E-state index contributed by atoms with van der Waals surface area (Å²) in [5.74, 6) is 1.22. The Kier molecular flexibility index (Phi) is 9.44. The number of allylic oxidation sites excluding steroid dienone is 4. The van der Waals surface area contributed by atoms with Gasteiger partial charge in [-0.3, -0.25) is 0 Å². The van der Waals surface area contributed by atoms with Gasteiger partial charge in [0.25, 0.3) is 0 Å². The first-order valence-corrected chi connectivity index (χ1v) is 8.13. The third kappa shape index (κ3) is 7.53. The third-order valence-electron chi connectivity index (χ3n) is 3.23. The van der Waals surface area contributed by atoms with E-state index in [2.05, 4.69) is 12.2 Å². The molecule has 0 heterocycles. The number of ether oxygens (including phenoxy) is 1. The van der Waals surface area contributed by atoms with Crippen molar-refractivity contribution in [2.75, 3.05) is 13.7 Å². The summed E-state index contributed by atoms with van der Waals surface area (Å²) < 4.78 is 5.31. The zero-order valence-corrected chi connectivity index (χ0v) is 14.2. The van der Waals surface area contributed by atoms with Gasteiger partial charge in [0.2, 0.25) is 0 Å². The second-order valence-electron chi connectivity index (χ2n) is 5.11. The molecule has 4 heteroatoms. The molecule has 0 fully saturated rings. The van der Waals surface area contributed by atoms with Crippen LogP contribution in [0.4, 0.5) is 0 Å². The van der Waals surface area contributed by atoms with Gasteiger partial charge in [0.05, 0.1) is 12.9 Å². The largest absolute Gasteiger partial charge is 0.512 e. The van der Waals surface area contributed by atoms with E-state index in [1.165, 1.54) is 0 Å². The van der Waals surface area contributed by atoms with Gasteiger partial charge in [0, 0.05) is 23.6 Å². The Balaban J connectivity index is 2.26. The van der Waals surface area contributed by atoms with E-state index in [-0.39, 0.29) is 0 Å². The Morgan fingerprint density at radius 1 is 1.36 bits per heavy atom. The standard InChI is InChI=1S/C18H26ClNO2/c1-3-4-9-16(19)13-17(21)10-7-12-20-14-15-8-5-6-11-18(15)22-2/h5-6,8-9,11,13,20-21H,3-4,7,10,12,14H2,1-2H3/b16-9+,17-13+. The van der Waals surface area contributed by atoms with Crippen LogP contribution in [0.5, 0.6) is 5.75 Å². The number of aliphatic hydroxyl groups is 1. The fourth-order valence-corrected chi connectivity index (χ4v) is 2.27. The second-order valence-corrected chi connectivity index (χ2v) is 5.54. The molecule has 1 rings (SSSR count). The molecule has 0 saturated heterocycles. The quantitative estimate of drug-likeness (QED) is 0.364. The topological polar surface area (TPSA) is 41.5 Å². The molecule has 0 aliphatic heterocycles. The first kappa shape index (κ1) is 18.6. The Morgan fingerprint density at radius 3 is 2.86 bits per heavy atom. The van der Waals surface area contributed by atoms with Gasteiger partial charge in [-0.05, 0) is 31.5 Å².